The summed E-state index contributed by atoms with van der Waals surface area (Å²) in [5.41, 5.74) is 0. The molecule has 2 unspecified atom stereocenters. The summed E-state index contributed by atoms with van der Waals surface area (Å²) in [4.78, 5) is 0. The Labute approximate surface area is 85.9 Å². The molecule has 4 heteroatoms. The zero-order chi connectivity index (χ0) is 10.2. The van der Waals surface area contributed by atoms with E-state index in [1.807, 2.05) is 0 Å². The molecule has 0 amide bonds. The fraction of sp³-hybridized carbons (Fsp3) is 1.00. The average Bonchev–Trinajstić information content (AvgIpc) is 2.25. The Kier molecular flexibility index (Phi) is 6.10. The highest BCUT2D eigenvalue weighted by Gasteiger charge is 2.15. The molecule has 4 nitrogen and oxygen atoms in total. The molecule has 1 N–H and O–H groups in total. The first-order valence-electron chi connectivity index (χ1n) is 5.28. The summed E-state index contributed by atoms with van der Waals surface area (Å²) < 4.78 is 15.6. The van der Waals surface area contributed by atoms with Gasteiger partial charge in [0.05, 0.1) is 19.3 Å². The number of nitrogens with one attached hydrogen (secondary N) is 1. The number of methoxy groups -OCH3 is 1. The van der Waals surface area contributed by atoms with E-state index in [0.29, 0.717) is 18.9 Å². The molecule has 0 aromatic rings. The predicted octanol–water partition coefficient (Wildman–Crippen LogP) is 0.764. The van der Waals surface area contributed by atoms with Crippen LogP contribution in [0.3, 0.4) is 0 Å². The third-order valence-electron chi connectivity index (χ3n) is 2.47. The summed E-state index contributed by atoms with van der Waals surface area (Å²) in [7, 11) is 1.73. The molecule has 1 fully saturated rings. The van der Waals surface area contributed by atoms with E-state index in [2.05, 4.69) is 12.2 Å². The molecule has 14 heavy (non-hydrogen) atoms. The van der Waals surface area contributed by atoms with E-state index in [9.17, 15) is 0 Å². The van der Waals surface area contributed by atoms with E-state index in [-0.39, 0.29) is 0 Å². The molecule has 0 saturated carbocycles. The maximum atomic E-state index is 5.43. The van der Waals surface area contributed by atoms with Crippen LogP contribution in [-0.4, -0.2) is 45.8 Å². The van der Waals surface area contributed by atoms with Crippen LogP contribution in [0.25, 0.3) is 0 Å². The summed E-state index contributed by atoms with van der Waals surface area (Å²) in [6.45, 7) is 5.06. The topological polar surface area (TPSA) is 39.7 Å². The molecule has 0 aromatic heterocycles. The number of ether oxygens (including phenoxy) is 3. The summed E-state index contributed by atoms with van der Waals surface area (Å²) in [5.74, 6) is 0. The second-order valence-electron chi connectivity index (χ2n) is 3.57. The van der Waals surface area contributed by atoms with Gasteiger partial charge in [-0.05, 0) is 12.8 Å². The lowest BCUT2D eigenvalue weighted by Crippen LogP contribution is -2.40. The van der Waals surface area contributed by atoms with Crippen LogP contribution in [0.4, 0.5) is 0 Å². The van der Waals surface area contributed by atoms with Gasteiger partial charge in [0.25, 0.3) is 0 Å². The van der Waals surface area contributed by atoms with E-state index >= 15 is 0 Å². The van der Waals surface area contributed by atoms with Gasteiger partial charge in [0.1, 0.15) is 6.79 Å². The van der Waals surface area contributed by atoms with Crippen molar-refractivity contribution in [1.82, 2.24) is 5.32 Å². The minimum absolute atomic E-state index is 0.301. The van der Waals surface area contributed by atoms with Gasteiger partial charge in [0, 0.05) is 19.7 Å². The Bertz CT molecular complexity index is 133. The van der Waals surface area contributed by atoms with Crippen LogP contribution >= 0.6 is 0 Å². The van der Waals surface area contributed by atoms with Gasteiger partial charge in [-0.1, -0.05) is 6.92 Å². The minimum atomic E-state index is 0.301. The molecule has 1 rings (SSSR count). The standard InChI is InChI=1S/C10H21NO3/c1-3-9(7-12-2)11-6-10-4-5-13-8-14-10/h9-11H,3-8H2,1-2H3. The number of hydrogen-bond donors (Lipinski definition) is 1. The van der Waals surface area contributed by atoms with Gasteiger partial charge < -0.3 is 19.5 Å². The lowest BCUT2D eigenvalue weighted by atomic mass is 10.2. The molecule has 84 valence electrons. The van der Waals surface area contributed by atoms with Gasteiger partial charge in [0.15, 0.2) is 0 Å². The molecule has 1 heterocycles. The Morgan fingerprint density at radius 2 is 2.43 bits per heavy atom. The smallest absolute Gasteiger partial charge is 0.147 e. The summed E-state index contributed by atoms with van der Waals surface area (Å²) >= 11 is 0. The van der Waals surface area contributed by atoms with Crippen molar-refractivity contribution in [2.45, 2.75) is 31.9 Å². The van der Waals surface area contributed by atoms with Crippen molar-refractivity contribution >= 4 is 0 Å². The lowest BCUT2D eigenvalue weighted by Gasteiger charge is -2.25. The molecule has 1 aliphatic heterocycles. The Hall–Kier alpha value is -0.160. The van der Waals surface area contributed by atoms with Gasteiger partial charge >= 0.3 is 0 Å². The molecule has 0 spiro atoms. The number of rotatable bonds is 6. The fourth-order valence-corrected chi connectivity index (χ4v) is 1.48. The molecule has 0 radical (unpaired) electrons. The van der Waals surface area contributed by atoms with Crippen molar-refractivity contribution in [1.29, 1.82) is 0 Å². The normalized spacial score (nSPS) is 24.9. The first-order chi connectivity index (χ1) is 6.86. The van der Waals surface area contributed by atoms with Crippen molar-refractivity contribution in [3.8, 4) is 0 Å². The van der Waals surface area contributed by atoms with E-state index in [4.69, 9.17) is 14.2 Å². The van der Waals surface area contributed by atoms with Crippen molar-refractivity contribution in [2.75, 3.05) is 33.7 Å². The van der Waals surface area contributed by atoms with Gasteiger partial charge in [0.2, 0.25) is 0 Å². The quantitative estimate of drug-likeness (QED) is 0.692. The minimum Gasteiger partial charge on any atom is -0.383 e. The Morgan fingerprint density at radius 1 is 1.57 bits per heavy atom. The van der Waals surface area contributed by atoms with Crippen LogP contribution in [0.2, 0.25) is 0 Å². The van der Waals surface area contributed by atoms with Crippen LogP contribution in [0.1, 0.15) is 19.8 Å². The van der Waals surface area contributed by atoms with Gasteiger partial charge in [-0.2, -0.15) is 0 Å². The van der Waals surface area contributed by atoms with Crippen LogP contribution in [0, 0.1) is 0 Å². The Morgan fingerprint density at radius 3 is 3.00 bits per heavy atom. The number of hydrogen-bond acceptors (Lipinski definition) is 4. The zero-order valence-electron chi connectivity index (χ0n) is 9.12. The van der Waals surface area contributed by atoms with Crippen LogP contribution in [-0.2, 0) is 14.2 Å². The predicted molar refractivity (Wildman–Crippen MR) is 54.3 cm³/mol. The highest BCUT2D eigenvalue weighted by molar-refractivity contribution is 4.69. The molecule has 1 aliphatic rings. The van der Waals surface area contributed by atoms with Crippen LogP contribution in [0.5, 0.6) is 0 Å². The molecule has 0 bridgehead atoms. The zero-order valence-corrected chi connectivity index (χ0v) is 9.12. The molecular weight excluding hydrogens is 182 g/mol. The fourth-order valence-electron chi connectivity index (χ4n) is 1.48. The van der Waals surface area contributed by atoms with Crippen molar-refractivity contribution in [2.24, 2.45) is 0 Å². The van der Waals surface area contributed by atoms with E-state index in [0.717, 1.165) is 32.6 Å². The largest absolute Gasteiger partial charge is 0.383 e. The monoisotopic (exact) mass is 203 g/mol. The summed E-state index contributed by atoms with van der Waals surface area (Å²) in [6, 6.07) is 0.437. The average molecular weight is 203 g/mol. The van der Waals surface area contributed by atoms with Crippen molar-refractivity contribution < 1.29 is 14.2 Å². The second-order valence-corrected chi connectivity index (χ2v) is 3.57. The van der Waals surface area contributed by atoms with Crippen molar-refractivity contribution in [3.05, 3.63) is 0 Å². The molecule has 1 saturated heterocycles. The van der Waals surface area contributed by atoms with Crippen LogP contribution in [0.15, 0.2) is 0 Å². The van der Waals surface area contributed by atoms with Gasteiger partial charge in [-0.25, -0.2) is 0 Å². The second kappa shape index (κ2) is 7.17. The third-order valence-corrected chi connectivity index (χ3v) is 2.47. The summed E-state index contributed by atoms with van der Waals surface area (Å²) in [6.07, 6.45) is 2.36. The highest BCUT2D eigenvalue weighted by Crippen LogP contribution is 2.05. The van der Waals surface area contributed by atoms with Crippen molar-refractivity contribution in [3.63, 3.8) is 0 Å². The first kappa shape index (κ1) is 11.9. The van der Waals surface area contributed by atoms with E-state index < -0.39 is 0 Å². The van der Waals surface area contributed by atoms with Gasteiger partial charge in [-0.15, -0.1) is 0 Å². The van der Waals surface area contributed by atoms with E-state index in [1.165, 1.54) is 0 Å². The highest BCUT2D eigenvalue weighted by atomic mass is 16.7. The van der Waals surface area contributed by atoms with Gasteiger partial charge in [-0.3, -0.25) is 0 Å². The third kappa shape index (κ3) is 4.37. The van der Waals surface area contributed by atoms with Crippen LogP contribution < -0.4 is 5.32 Å². The lowest BCUT2D eigenvalue weighted by molar-refractivity contribution is -0.137. The summed E-state index contributed by atoms with van der Waals surface area (Å²) in [5, 5.41) is 3.43. The molecular formula is C10H21NO3. The molecule has 2 atom stereocenters. The first-order valence-corrected chi connectivity index (χ1v) is 5.28. The molecule has 0 aromatic carbocycles. The molecule has 0 aliphatic carbocycles. The maximum Gasteiger partial charge on any atom is 0.147 e. The maximum absolute atomic E-state index is 5.43. The Balaban J connectivity index is 2.10. The SMILES string of the molecule is CCC(COC)NCC1CCOCO1. The van der Waals surface area contributed by atoms with E-state index in [1.54, 1.807) is 7.11 Å².